The van der Waals surface area contributed by atoms with Crippen LogP contribution in [0.2, 0.25) is 0 Å². The molecule has 1 aromatic carbocycles. The normalized spacial score (nSPS) is 12.8. The van der Waals surface area contributed by atoms with E-state index in [-0.39, 0.29) is 12.5 Å². The summed E-state index contributed by atoms with van der Waals surface area (Å²) in [6.07, 6.45) is 7.15. The summed E-state index contributed by atoms with van der Waals surface area (Å²) in [7, 11) is 0. The van der Waals surface area contributed by atoms with Gasteiger partial charge in [-0.2, -0.15) is 0 Å². The standard InChI is InChI=1S/C17H19N3O3/c1-2-22-15-5-3-4-13-10-14(11-23-16(13)15)17(21)19-7-9-20-8-6-18-12-20/h3-6,8,10,12H,2,7,9,11H2,1H3,(H,19,21). The molecule has 0 radical (unpaired) electrons. The van der Waals surface area contributed by atoms with Gasteiger partial charge in [0.2, 0.25) is 0 Å². The molecule has 0 unspecified atom stereocenters. The number of benzene rings is 1. The summed E-state index contributed by atoms with van der Waals surface area (Å²) in [5.41, 5.74) is 1.47. The Bertz CT molecular complexity index is 708. The molecule has 120 valence electrons. The third kappa shape index (κ3) is 3.53. The van der Waals surface area contributed by atoms with E-state index in [9.17, 15) is 4.79 Å². The molecule has 1 aliphatic rings. The number of amides is 1. The summed E-state index contributed by atoms with van der Waals surface area (Å²) in [5.74, 6) is 1.29. The molecule has 23 heavy (non-hydrogen) atoms. The van der Waals surface area contributed by atoms with Crippen LogP contribution in [0.3, 0.4) is 0 Å². The molecule has 0 spiro atoms. The lowest BCUT2D eigenvalue weighted by Crippen LogP contribution is -2.31. The molecule has 1 amide bonds. The Balaban J connectivity index is 1.64. The predicted octanol–water partition coefficient (Wildman–Crippen LogP) is 1.87. The third-order valence-corrected chi connectivity index (χ3v) is 3.52. The van der Waals surface area contributed by atoms with Gasteiger partial charge in [-0.3, -0.25) is 4.79 Å². The fourth-order valence-electron chi connectivity index (χ4n) is 2.41. The fraction of sp³-hybridized carbons (Fsp3) is 0.294. The zero-order valence-corrected chi connectivity index (χ0v) is 13.0. The van der Waals surface area contributed by atoms with Gasteiger partial charge in [0.1, 0.15) is 6.61 Å². The topological polar surface area (TPSA) is 65.4 Å². The highest BCUT2D eigenvalue weighted by Gasteiger charge is 2.19. The van der Waals surface area contributed by atoms with Crippen LogP contribution in [0.25, 0.3) is 6.08 Å². The van der Waals surface area contributed by atoms with E-state index in [0.29, 0.717) is 36.8 Å². The zero-order valence-electron chi connectivity index (χ0n) is 13.0. The van der Waals surface area contributed by atoms with Gasteiger partial charge in [0.25, 0.3) is 5.91 Å². The number of carbonyl (C=O) groups excluding carboxylic acids is 1. The molecule has 3 rings (SSSR count). The van der Waals surface area contributed by atoms with Gasteiger partial charge in [0.15, 0.2) is 11.5 Å². The Kier molecular flexibility index (Phi) is 4.61. The number of para-hydroxylation sites is 1. The van der Waals surface area contributed by atoms with Gasteiger partial charge < -0.3 is 19.4 Å². The van der Waals surface area contributed by atoms with Crippen molar-refractivity contribution < 1.29 is 14.3 Å². The molecule has 6 nitrogen and oxygen atoms in total. The van der Waals surface area contributed by atoms with E-state index < -0.39 is 0 Å². The van der Waals surface area contributed by atoms with Gasteiger partial charge in [-0.15, -0.1) is 0 Å². The molecule has 2 heterocycles. The van der Waals surface area contributed by atoms with Crippen LogP contribution in [0.5, 0.6) is 11.5 Å². The molecule has 0 bridgehead atoms. The van der Waals surface area contributed by atoms with Crippen molar-refractivity contribution in [3.63, 3.8) is 0 Å². The Hall–Kier alpha value is -2.76. The third-order valence-electron chi connectivity index (χ3n) is 3.52. The molecule has 2 aromatic rings. The summed E-state index contributed by atoms with van der Waals surface area (Å²) in [4.78, 5) is 16.2. The van der Waals surface area contributed by atoms with Gasteiger partial charge in [-0.25, -0.2) is 4.98 Å². The van der Waals surface area contributed by atoms with Crippen LogP contribution >= 0.6 is 0 Å². The number of hydrogen-bond acceptors (Lipinski definition) is 4. The van der Waals surface area contributed by atoms with Crippen LogP contribution in [-0.2, 0) is 11.3 Å². The number of ether oxygens (including phenoxy) is 2. The molecular weight excluding hydrogens is 294 g/mol. The molecule has 0 aliphatic carbocycles. The van der Waals surface area contributed by atoms with Crippen LogP contribution < -0.4 is 14.8 Å². The van der Waals surface area contributed by atoms with Crippen molar-refractivity contribution in [3.8, 4) is 11.5 Å². The molecule has 0 atom stereocenters. The minimum atomic E-state index is -0.113. The van der Waals surface area contributed by atoms with E-state index in [1.165, 1.54) is 0 Å². The molecule has 1 N–H and O–H groups in total. The Morgan fingerprint density at radius 2 is 2.39 bits per heavy atom. The summed E-state index contributed by atoms with van der Waals surface area (Å²) in [6.45, 7) is 3.97. The van der Waals surface area contributed by atoms with E-state index in [1.54, 1.807) is 12.5 Å². The number of carbonyl (C=O) groups is 1. The molecule has 0 saturated carbocycles. The second-order valence-corrected chi connectivity index (χ2v) is 5.12. The van der Waals surface area contributed by atoms with Crippen molar-refractivity contribution in [2.75, 3.05) is 19.8 Å². The number of nitrogens with one attached hydrogen (secondary N) is 1. The molecular formula is C17H19N3O3. The first-order valence-corrected chi connectivity index (χ1v) is 7.61. The SMILES string of the molecule is CCOc1cccc2c1OCC(C(=O)NCCn1ccnc1)=C2. The highest BCUT2D eigenvalue weighted by atomic mass is 16.5. The average Bonchev–Trinajstić information content (AvgIpc) is 3.08. The summed E-state index contributed by atoms with van der Waals surface area (Å²) < 4.78 is 13.2. The van der Waals surface area contributed by atoms with Crippen molar-refractivity contribution in [2.45, 2.75) is 13.5 Å². The van der Waals surface area contributed by atoms with Gasteiger partial charge in [0, 0.05) is 31.0 Å². The molecule has 0 fully saturated rings. The minimum Gasteiger partial charge on any atom is -0.490 e. The summed E-state index contributed by atoms with van der Waals surface area (Å²) >= 11 is 0. The second-order valence-electron chi connectivity index (χ2n) is 5.12. The van der Waals surface area contributed by atoms with Crippen molar-refractivity contribution >= 4 is 12.0 Å². The zero-order chi connectivity index (χ0) is 16.1. The van der Waals surface area contributed by atoms with Crippen molar-refractivity contribution in [1.29, 1.82) is 0 Å². The van der Waals surface area contributed by atoms with E-state index in [2.05, 4.69) is 10.3 Å². The average molecular weight is 313 g/mol. The number of fused-ring (bicyclic) bond motifs is 1. The Morgan fingerprint density at radius 3 is 3.17 bits per heavy atom. The first kappa shape index (κ1) is 15.1. The number of rotatable bonds is 6. The maximum atomic E-state index is 12.2. The lowest BCUT2D eigenvalue weighted by molar-refractivity contribution is -0.117. The fourth-order valence-corrected chi connectivity index (χ4v) is 2.41. The van der Waals surface area contributed by atoms with E-state index >= 15 is 0 Å². The number of nitrogens with zero attached hydrogens (tertiary/aromatic N) is 2. The quantitative estimate of drug-likeness (QED) is 0.884. The smallest absolute Gasteiger partial charge is 0.250 e. The highest BCUT2D eigenvalue weighted by molar-refractivity contribution is 5.99. The van der Waals surface area contributed by atoms with Gasteiger partial charge >= 0.3 is 0 Å². The number of imidazole rings is 1. The van der Waals surface area contributed by atoms with E-state index in [4.69, 9.17) is 9.47 Å². The summed E-state index contributed by atoms with van der Waals surface area (Å²) in [6, 6.07) is 5.67. The van der Waals surface area contributed by atoms with Crippen molar-refractivity contribution in [3.05, 3.63) is 48.1 Å². The minimum absolute atomic E-state index is 0.113. The number of aromatic nitrogens is 2. The highest BCUT2D eigenvalue weighted by Crippen LogP contribution is 2.35. The van der Waals surface area contributed by atoms with Gasteiger partial charge in [-0.05, 0) is 19.1 Å². The molecule has 6 heteroatoms. The lowest BCUT2D eigenvalue weighted by Gasteiger charge is -2.20. The Morgan fingerprint density at radius 1 is 1.48 bits per heavy atom. The van der Waals surface area contributed by atoms with Crippen LogP contribution in [0.1, 0.15) is 12.5 Å². The first-order valence-electron chi connectivity index (χ1n) is 7.61. The van der Waals surface area contributed by atoms with Gasteiger partial charge in [-0.1, -0.05) is 12.1 Å². The van der Waals surface area contributed by atoms with Crippen LogP contribution in [0.15, 0.2) is 42.5 Å². The van der Waals surface area contributed by atoms with Gasteiger partial charge in [0.05, 0.1) is 18.5 Å². The largest absolute Gasteiger partial charge is 0.490 e. The van der Waals surface area contributed by atoms with Crippen LogP contribution in [0, 0.1) is 0 Å². The monoisotopic (exact) mass is 313 g/mol. The second kappa shape index (κ2) is 7.00. The maximum absolute atomic E-state index is 12.2. The Labute approximate surface area is 134 Å². The first-order chi connectivity index (χ1) is 11.3. The molecule has 1 aromatic heterocycles. The van der Waals surface area contributed by atoms with Crippen LogP contribution in [0.4, 0.5) is 0 Å². The van der Waals surface area contributed by atoms with Crippen molar-refractivity contribution in [2.24, 2.45) is 0 Å². The van der Waals surface area contributed by atoms with Crippen LogP contribution in [-0.4, -0.2) is 35.2 Å². The molecule has 0 saturated heterocycles. The molecule has 1 aliphatic heterocycles. The van der Waals surface area contributed by atoms with E-state index in [0.717, 1.165) is 5.56 Å². The lowest BCUT2D eigenvalue weighted by atomic mass is 10.1. The van der Waals surface area contributed by atoms with Crippen molar-refractivity contribution in [1.82, 2.24) is 14.9 Å². The number of hydrogen-bond donors (Lipinski definition) is 1. The van der Waals surface area contributed by atoms with E-state index in [1.807, 2.05) is 42.0 Å². The predicted molar refractivity (Wildman–Crippen MR) is 86.3 cm³/mol. The summed E-state index contributed by atoms with van der Waals surface area (Å²) in [5, 5.41) is 2.89. The maximum Gasteiger partial charge on any atom is 0.250 e.